The zero-order chi connectivity index (χ0) is 26.9. The quantitative estimate of drug-likeness (QED) is 0.220. The van der Waals surface area contributed by atoms with Crippen molar-refractivity contribution in [2.24, 2.45) is 0 Å². The number of unbranched alkanes of at least 4 members (excludes halogenated alkanes) is 5. The molecule has 0 aromatic heterocycles. The molecule has 0 spiro atoms. The lowest BCUT2D eigenvalue weighted by Gasteiger charge is -2.30. The lowest BCUT2D eigenvalue weighted by atomic mass is 9.94. The van der Waals surface area contributed by atoms with Gasteiger partial charge in [0.15, 0.2) is 17.9 Å². The predicted octanol–water partition coefficient (Wildman–Crippen LogP) is 9.60. The molecule has 0 unspecified atom stereocenters. The van der Waals surface area contributed by atoms with E-state index in [1.54, 1.807) is 48.5 Å². The van der Waals surface area contributed by atoms with Crippen LogP contribution in [0.5, 0.6) is 0 Å². The molecule has 0 saturated carbocycles. The van der Waals surface area contributed by atoms with Gasteiger partial charge in [0.2, 0.25) is 0 Å². The Hall–Kier alpha value is -2.63. The second-order valence-corrected chi connectivity index (χ2v) is 10.3. The number of hydrogen-bond donors (Lipinski definition) is 0. The SMILES string of the molecule is CCCCCCCC1OCC(c2ccc(-c3ccc(-c4ccc(CCCC)c(F)c4F)cc3)c(F)c2)CO1. The van der Waals surface area contributed by atoms with Gasteiger partial charge in [-0.25, -0.2) is 13.2 Å². The Balaban J connectivity index is 1.38. The molecule has 0 N–H and O–H groups in total. The standard InChI is InChI=1S/C33H39F3O2/c1-3-5-7-8-9-11-31-37-21-27(22-38-31)26-17-18-28(30(34)20-26)23-12-14-24(15-13-23)29-19-16-25(10-6-4-2)32(35)33(29)36/h12-20,27,31H,3-11,21-22H2,1-2H3. The topological polar surface area (TPSA) is 18.5 Å². The van der Waals surface area contributed by atoms with Crippen LogP contribution >= 0.6 is 0 Å². The van der Waals surface area contributed by atoms with Gasteiger partial charge in [0.25, 0.3) is 0 Å². The first-order chi connectivity index (χ1) is 18.5. The van der Waals surface area contributed by atoms with Gasteiger partial charge in [-0.3, -0.25) is 0 Å². The van der Waals surface area contributed by atoms with E-state index in [1.807, 2.05) is 13.0 Å². The van der Waals surface area contributed by atoms with Crippen molar-refractivity contribution < 1.29 is 22.6 Å². The van der Waals surface area contributed by atoms with Crippen LogP contribution < -0.4 is 0 Å². The first-order valence-corrected chi connectivity index (χ1v) is 14.1. The molecular formula is C33H39F3O2. The predicted molar refractivity (Wildman–Crippen MR) is 148 cm³/mol. The van der Waals surface area contributed by atoms with Crippen LogP contribution in [-0.4, -0.2) is 19.5 Å². The third kappa shape index (κ3) is 7.06. The Labute approximate surface area is 225 Å². The van der Waals surface area contributed by atoms with Crippen LogP contribution in [0.2, 0.25) is 0 Å². The minimum Gasteiger partial charge on any atom is -0.352 e. The lowest BCUT2D eigenvalue weighted by molar-refractivity contribution is -0.190. The third-order valence-corrected chi connectivity index (χ3v) is 7.44. The summed E-state index contributed by atoms with van der Waals surface area (Å²) in [5.74, 6) is -1.95. The molecule has 2 nitrogen and oxygen atoms in total. The first-order valence-electron chi connectivity index (χ1n) is 14.1. The molecule has 0 amide bonds. The largest absolute Gasteiger partial charge is 0.352 e. The highest BCUT2D eigenvalue weighted by molar-refractivity contribution is 5.71. The number of rotatable bonds is 12. The fraction of sp³-hybridized carbons (Fsp3) is 0.455. The highest BCUT2D eigenvalue weighted by atomic mass is 19.2. The second kappa shape index (κ2) is 14.0. The average molecular weight is 525 g/mol. The zero-order valence-electron chi connectivity index (χ0n) is 22.6. The van der Waals surface area contributed by atoms with Gasteiger partial charge in [-0.1, -0.05) is 94.5 Å². The van der Waals surface area contributed by atoms with Gasteiger partial charge < -0.3 is 9.47 Å². The summed E-state index contributed by atoms with van der Waals surface area (Å²) in [5.41, 5.74) is 3.16. The molecule has 1 aliphatic heterocycles. The smallest absolute Gasteiger partial charge is 0.166 e. The average Bonchev–Trinajstić information content (AvgIpc) is 2.94. The van der Waals surface area contributed by atoms with Gasteiger partial charge in [0, 0.05) is 17.0 Å². The maximum absolute atomic E-state index is 15.1. The molecule has 1 fully saturated rings. The molecule has 38 heavy (non-hydrogen) atoms. The summed E-state index contributed by atoms with van der Waals surface area (Å²) in [5, 5.41) is 0. The van der Waals surface area contributed by atoms with Crippen molar-refractivity contribution in [3.8, 4) is 22.3 Å². The van der Waals surface area contributed by atoms with E-state index in [1.165, 1.54) is 25.7 Å². The summed E-state index contributed by atoms with van der Waals surface area (Å²) in [6.07, 6.45) is 9.04. The normalized spacial score (nSPS) is 17.6. The van der Waals surface area contributed by atoms with Gasteiger partial charge in [-0.05, 0) is 54.0 Å². The highest BCUT2D eigenvalue weighted by Crippen LogP contribution is 2.32. The van der Waals surface area contributed by atoms with Gasteiger partial charge in [-0.15, -0.1) is 0 Å². The van der Waals surface area contributed by atoms with Crippen molar-refractivity contribution in [1.82, 2.24) is 0 Å². The number of ether oxygens (including phenoxy) is 2. The van der Waals surface area contributed by atoms with Crippen molar-refractivity contribution >= 4 is 0 Å². The molecule has 0 radical (unpaired) electrons. The van der Waals surface area contributed by atoms with Crippen LogP contribution in [0.25, 0.3) is 22.3 Å². The van der Waals surface area contributed by atoms with Crippen molar-refractivity contribution in [2.75, 3.05) is 13.2 Å². The van der Waals surface area contributed by atoms with Crippen molar-refractivity contribution in [1.29, 1.82) is 0 Å². The van der Waals surface area contributed by atoms with Gasteiger partial charge in [0.1, 0.15) is 5.82 Å². The molecule has 1 heterocycles. The van der Waals surface area contributed by atoms with Crippen LogP contribution in [0.3, 0.4) is 0 Å². The third-order valence-electron chi connectivity index (χ3n) is 7.44. The second-order valence-electron chi connectivity index (χ2n) is 10.3. The van der Waals surface area contributed by atoms with E-state index in [0.717, 1.165) is 31.2 Å². The molecule has 3 aromatic carbocycles. The van der Waals surface area contributed by atoms with Gasteiger partial charge in [0.05, 0.1) is 13.2 Å². The Morgan fingerprint density at radius 2 is 1.32 bits per heavy atom. The maximum atomic E-state index is 15.1. The zero-order valence-corrected chi connectivity index (χ0v) is 22.6. The molecule has 1 saturated heterocycles. The lowest BCUT2D eigenvalue weighted by Crippen LogP contribution is -2.30. The van der Waals surface area contributed by atoms with E-state index in [0.29, 0.717) is 41.9 Å². The maximum Gasteiger partial charge on any atom is 0.166 e. The summed E-state index contributed by atoms with van der Waals surface area (Å²) >= 11 is 0. The minimum absolute atomic E-state index is 0.00422. The number of aryl methyl sites for hydroxylation is 1. The molecule has 0 aliphatic carbocycles. The summed E-state index contributed by atoms with van der Waals surface area (Å²) in [7, 11) is 0. The van der Waals surface area contributed by atoms with Gasteiger partial charge in [-0.2, -0.15) is 0 Å². The molecule has 5 heteroatoms. The Morgan fingerprint density at radius 1 is 0.684 bits per heavy atom. The monoisotopic (exact) mass is 524 g/mol. The summed E-state index contributed by atoms with van der Waals surface area (Å²) < 4.78 is 56.2. The van der Waals surface area contributed by atoms with E-state index in [-0.39, 0.29) is 23.6 Å². The fourth-order valence-electron chi connectivity index (χ4n) is 5.04. The summed E-state index contributed by atoms with van der Waals surface area (Å²) in [6, 6.07) is 15.4. The Bertz CT molecular complexity index is 1170. The Kier molecular flexibility index (Phi) is 10.4. The summed E-state index contributed by atoms with van der Waals surface area (Å²) in [6.45, 7) is 5.27. The minimum atomic E-state index is -0.836. The summed E-state index contributed by atoms with van der Waals surface area (Å²) in [4.78, 5) is 0. The molecule has 4 rings (SSSR count). The van der Waals surface area contributed by atoms with E-state index < -0.39 is 11.6 Å². The fourth-order valence-corrected chi connectivity index (χ4v) is 5.04. The molecule has 204 valence electrons. The van der Waals surface area contributed by atoms with Crippen molar-refractivity contribution in [3.05, 3.63) is 83.2 Å². The van der Waals surface area contributed by atoms with Crippen molar-refractivity contribution in [2.45, 2.75) is 83.8 Å². The first kappa shape index (κ1) is 28.4. The molecule has 1 aliphatic rings. The number of benzene rings is 3. The molecule has 3 aromatic rings. The van der Waals surface area contributed by atoms with E-state index in [9.17, 15) is 8.78 Å². The van der Waals surface area contributed by atoms with Crippen LogP contribution in [0.4, 0.5) is 13.2 Å². The Morgan fingerprint density at radius 3 is 1.97 bits per heavy atom. The van der Waals surface area contributed by atoms with Crippen LogP contribution in [-0.2, 0) is 15.9 Å². The number of halogens is 3. The highest BCUT2D eigenvalue weighted by Gasteiger charge is 2.24. The molecule has 0 bridgehead atoms. The van der Waals surface area contributed by atoms with E-state index >= 15 is 4.39 Å². The molecule has 0 atom stereocenters. The van der Waals surface area contributed by atoms with Crippen LogP contribution in [0.1, 0.15) is 82.3 Å². The van der Waals surface area contributed by atoms with Gasteiger partial charge >= 0.3 is 0 Å². The van der Waals surface area contributed by atoms with Crippen LogP contribution in [0, 0.1) is 17.5 Å². The van der Waals surface area contributed by atoms with Crippen molar-refractivity contribution in [3.63, 3.8) is 0 Å². The number of hydrogen-bond acceptors (Lipinski definition) is 2. The van der Waals surface area contributed by atoms with Crippen LogP contribution in [0.15, 0.2) is 54.6 Å². The molecular weight excluding hydrogens is 485 g/mol. The van der Waals surface area contributed by atoms with E-state index in [4.69, 9.17) is 9.47 Å². The van der Waals surface area contributed by atoms with E-state index in [2.05, 4.69) is 6.92 Å².